The van der Waals surface area contributed by atoms with Crippen LogP contribution in [0.2, 0.25) is 0 Å². The smallest absolute Gasteiger partial charge is 0.330 e. The minimum absolute atomic E-state index is 0.0286. The molecule has 1 saturated heterocycles. The average Bonchev–Trinajstić information content (AvgIpc) is 2.94. The van der Waals surface area contributed by atoms with Crippen LogP contribution in [0.3, 0.4) is 0 Å². The largest absolute Gasteiger partial charge is 0.460 e. The van der Waals surface area contributed by atoms with Gasteiger partial charge in [-0.15, -0.1) is 0 Å². The van der Waals surface area contributed by atoms with Crippen molar-refractivity contribution in [2.75, 3.05) is 39.5 Å². The number of carbonyl (C=O) groups excluding carboxylic acids is 4. The molecule has 2 atom stereocenters. The SMILES string of the molecule is C=CC(=O)OCCOC(O)CCN1C(=O)N(CCC(O)OCCOC(=O)C=C)C(C)(C)C1=O. The van der Waals surface area contributed by atoms with Gasteiger partial charge in [-0.1, -0.05) is 13.2 Å². The molecule has 1 heterocycles. The number of carbonyl (C=O) groups is 4. The molecule has 1 aliphatic heterocycles. The maximum absolute atomic E-state index is 12.7. The lowest BCUT2D eigenvalue weighted by molar-refractivity contribution is -0.147. The first kappa shape index (κ1) is 28.2. The van der Waals surface area contributed by atoms with E-state index in [2.05, 4.69) is 13.2 Å². The molecule has 0 aromatic rings. The minimum atomic E-state index is -1.27. The van der Waals surface area contributed by atoms with E-state index in [9.17, 15) is 29.4 Å². The summed E-state index contributed by atoms with van der Waals surface area (Å²) < 4.78 is 19.6. The molecule has 1 fully saturated rings. The number of aliphatic hydroxyl groups excluding tert-OH is 2. The van der Waals surface area contributed by atoms with E-state index < -0.39 is 42.0 Å². The Bertz CT molecular complexity index is 724. The van der Waals surface area contributed by atoms with Crippen molar-refractivity contribution in [2.45, 2.75) is 44.8 Å². The number of amides is 3. The molecule has 0 spiro atoms. The highest BCUT2D eigenvalue weighted by Gasteiger charge is 2.50. The van der Waals surface area contributed by atoms with Crippen LogP contribution in [-0.2, 0) is 33.3 Å². The Hall–Kier alpha value is -2.80. The minimum Gasteiger partial charge on any atom is -0.460 e. The maximum Gasteiger partial charge on any atom is 0.330 e. The van der Waals surface area contributed by atoms with Crippen LogP contribution < -0.4 is 0 Å². The van der Waals surface area contributed by atoms with E-state index in [0.717, 1.165) is 17.1 Å². The summed E-state index contributed by atoms with van der Waals surface area (Å²) in [5.74, 6) is -1.68. The van der Waals surface area contributed by atoms with Gasteiger partial charge in [0.1, 0.15) is 18.8 Å². The lowest BCUT2D eigenvalue weighted by Gasteiger charge is -2.28. The lowest BCUT2D eigenvalue weighted by Crippen LogP contribution is -2.45. The van der Waals surface area contributed by atoms with Gasteiger partial charge in [0, 0.05) is 38.1 Å². The van der Waals surface area contributed by atoms with Crippen molar-refractivity contribution in [1.82, 2.24) is 9.80 Å². The highest BCUT2D eigenvalue weighted by molar-refractivity contribution is 6.06. The Kier molecular flexibility index (Phi) is 11.7. The number of aliphatic hydroxyl groups is 2. The fourth-order valence-electron chi connectivity index (χ4n) is 2.91. The van der Waals surface area contributed by atoms with Crippen molar-refractivity contribution < 1.29 is 48.3 Å². The van der Waals surface area contributed by atoms with Crippen LogP contribution in [0.4, 0.5) is 4.79 Å². The summed E-state index contributed by atoms with van der Waals surface area (Å²) in [4.78, 5) is 49.6. The fraction of sp³-hybridized carbons (Fsp3) is 0.619. The van der Waals surface area contributed by atoms with Crippen molar-refractivity contribution in [3.8, 4) is 0 Å². The van der Waals surface area contributed by atoms with E-state index in [1.165, 1.54) is 4.90 Å². The summed E-state index contributed by atoms with van der Waals surface area (Å²) >= 11 is 0. The topological polar surface area (TPSA) is 152 Å². The molecule has 12 heteroatoms. The first-order chi connectivity index (χ1) is 15.5. The van der Waals surface area contributed by atoms with Crippen LogP contribution in [-0.4, -0.2) is 102 Å². The molecule has 0 saturated carbocycles. The molecule has 186 valence electrons. The van der Waals surface area contributed by atoms with Gasteiger partial charge in [0.05, 0.1) is 13.2 Å². The maximum atomic E-state index is 12.7. The number of rotatable bonds is 16. The molecule has 0 radical (unpaired) electrons. The monoisotopic (exact) mass is 472 g/mol. The van der Waals surface area contributed by atoms with Crippen molar-refractivity contribution in [2.24, 2.45) is 0 Å². The van der Waals surface area contributed by atoms with Gasteiger partial charge in [0.2, 0.25) is 0 Å². The van der Waals surface area contributed by atoms with Crippen LogP contribution in [0.1, 0.15) is 26.7 Å². The van der Waals surface area contributed by atoms with Gasteiger partial charge < -0.3 is 34.1 Å². The molecule has 2 unspecified atom stereocenters. The van der Waals surface area contributed by atoms with Gasteiger partial charge in [-0.05, 0) is 13.8 Å². The second kappa shape index (κ2) is 13.7. The first-order valence-electron chi connectivity index (χ1n) is 10.4. The first-order valence-corrected chi connectivity index (χ1v) is 10.4. The molecule has 0 bridgehead atoms. The standard InChI is InChI=1S/C21H32N2O10/c1-5-15(24)30-11-13-32-17(26)7-9-22-19(28)21(3,4)23(20(22)29)10-8-18(27)33-14-12-31-16(25)6-2/h5-6,17-18,26-27H,1-2,7-14H2,3-4H3. The number of imide groups is 1. The summed E-state index contributed by atoms with van der Waals surface area (Å²) in [5, 5.41) is 19.8. The van der Waals surface area contributed by atoms with E-state index in [1.807, 2.05) is 0 Å². The van der Waals surface area contributed by atoms with E-state index in [1.54, 1.807) is 13.8 Å². The molecule has 0 aliphatic carbocycles. The highest BCUT2D eigenvalue weighted by atomic mass is 16.6. The number of hydrogen-bond donors (Lipinski definition) is 2. The van der Waals surface area contributed by atoms with E-state index in [0.29, 0.717) is 0 Å². The quantitative estimate of drug-likeness (QED) is 0.103. The number of hydrogen-bond acceptors (Lipinski definition) is 10. The second-order valence-electron chi connectivity index (χ2n) is 7.42. The fourth-order valence-corrected chi connectivity index (χ4v) is 2.91. The van der Waals surface area contributed by atoms with Crippen molar-refractivity contribution in [1.29, 1.82) is 0 Å². The third-order valence-electron chi connectivity index (χ3n) is 4.71. The predicted octanol–water partition coefficient (Wildman–Crippen LogP) is -0.0622. The van der Waals surface area contributed by atoms with Crippen LogP contribution in [0.25, 0.3) is 0 Å². The molecular weight excluding hydrogens is 440 g/mol. The van der Waals surface area contributed by atoms with Crippen molar-refractivity contribution in [3.63, 3.8) is 0 Å². The second-order valence-corrected chi connectivity index (χ2v) is 7.42. The Morgan fingerprint density at radius 2 is 1.36 bits per heavy atom. The number of urea groups is 1. The predicted molar refractivity (Wildman–Crippen MR) is 113 cm³/mol. The van der Waals surface area contributed by atoms with Crippen LogP contribution in [0.5, 0.6) is 0 Å². The summed E-state index contributed by atoms with van der Waals surface area (Å²) in [7, 11) is 0. The lowest BCUT2D eigenvalue weighted by atomic mass is 10.0. The molecule has 3 amide bonds. The molecule has 33 heavy (non-hydrogen) atoms. The van der Waals surface area contributed by atoms with E-state index >= 15 is 0 Å². The molecule has 0 aromatic heterocycles. The molecular formula is C21H32N2O10. The molecule has 0 aromatic carbocycles. The van der Waals surface area contributed by atoms with Crippen molar-refractivity contribution >= 4 is 23.9 Å². The Morgan fingerprint density at radius 1 is 0.909 bits per heavy atom. The van der Waals surface area contributed by atoms with Gasteiger partial charge in [0.25, 0.3) is 5.91 Å². The highest BCUT2D eigenvalue weighted by Crippen LogP contribution is 2.28. The third-order valence-corrected chi connectivity index (χ3v) is 4.71. The zero-order valence-corrected chi connectivity index (χ0v) is 18.9. The zero-order chi connectivity index (χ0) is 25.0. The van der Waals surface area contributed by atoms with Gasteiger partial charge in [-0.3, -0.25) is 9.69 Å². The van der Waals surface area contributed by atoms with Gasteiger partial charge >= 0.3 is 18.0 Å². The van der Waals surface area contributed by atoms with Crippen LogP contribution >= 0.6 is 0 Å². The molecule has 12 nitrogen and oxygen atoms in total. The average molecular weight is 472 g/mol. The summed E-state index contributed by atoms with van der Waals surface area (Å²) in [5.41, 5.74) is -1.15. The summed E-state index contributed by atoms with van der Waals surface area (Å²) in [6.07, 6.45) is -0.499. The molecule has 2 N–H and O–H groups in total. The molecule has 1 rings (SSSR count). The van der Waals surface area contributed by atoms with Crippen LogP contribution in [0, 0.1) is 0 Å². The number of esters is 2. The van der Waals surface area contributed by atoms with Gasteiger partial charge in [0.15, 0.2) is 12.6 Å². The van der Waals surface area contributed by atoms with Gasteiger partial charge in [-0.2, -0.15) is 0 Å². The van der Waals surface area contributed by atoms with E-state index in [-0.39, 0.29) is 52.4 Å². The summed E-state index contributed by atoms with van der Waals surface area (Å²) in [6, 6.07) is -0.566. The Balaban J connectivity index is 2.45. The number of nitrogens with zero attached hydrogens (tertiary/aromatic N) is 2. The van der Waals surface area contributed by atoms with Crippen LogP contribution in [0.15, 0.2) is 25.3 Å². The van der Waals surface area contributed by atoms with Crippen molar-refractivity contribution in [3.05, 3.63) is 25.3 Å². The number of ether oxygens (including phenoxy) is 4. The van der Waals surface area contributed by atoms with E-state index in [4.69, 9.17) is 18.9 Å². The summed E-state index contributed by atoms with van der Waals surface area (Å²) in [6.45, 7) is 9.36. The Labute approximate surface area is 192 Å². The third kappa shape index (κ3) is 8.92. The van der Waals surface area contributed by atoms with Gasteiger partial charge in [-0.25, -0.2) is 14.4 Å². The zero-order valence-electron chi connectivity index (χ0n) is 18.9. The molecule has 1 aliphatic rings. The Morgan fingerprint density at radius 3 is 1.82 bits per heavy atom. The normalized spacial score (nSPS) is 17.0.